The Bertz CT molecular complexity index is 963. The van der Waals surface area contributed by atoms with Gasteiger partial charge >= 0.3 is 0 Å². The number of rotatable bonds is 8. The number of benzene rings is 2. The molecule has 2 aromatic carbocycles. The van der Waals surface area contributed by atoms with Crippen molar-refractivity contribution < 1.29 is 29.3 Å². The zero-order chi connectivity index (χ0) is 22.5. The predicted octanol–water partition coefficient (Wildman–Crippen LogP) is 3.14. The van der Waals surface area contributed by atoms with E-state index in [1.54, 1.807) is 55.6 Å². The second kappa shape index (κ2) is 9.66. The SMILES string of the molecule is COc1ccc(C2/C(=C(\O)c3ccc(OCC(C)C)cc3)C(=O)C(=O)N2CCO)cc1. The van der Waals surface area contributed by atoms with Crippen LogP contribution < -0.4 is 9.47 Å². The first kappa shape index (κ1) is 22.4. The second-order valence-electron chi connectivity index (χ2n) is 7.72. The molecule has 1 aliphatic rings. The fourth-order valence-electron chi connectivity index (χ4n) is 3.48. The molecule has 0 radical (unpaired) electrons. The van der Waals surface area contributed by atoms with Crippen LogP contribution in [0.1, 0.15) is 31.0 Å². The second-order valence-corrected chi connectivity index (χ2v) is 7.72. The van der Waals surface area contributed by atoms with E-state index < -0.39 is 17.7 Å². The van der Waals surface area contributed by atoms with Crippen molar-refractivity contribution in [1.29, 1.82) is 0 Å². The van der Waals surface area contributed by atoms with Crippen LogP contribution in [0.3, 0.4) is 0 Å². The molecule has 1 heterocycles. The Morgan fingerprint density at radius 3 is 2.19 bits per heavy atom. The lowest BCUT2D eigenvalue weighted by molar-refractivity contribution is -0.140. The predicted molar refractivity (Wildman–Crippen MR) is 116 cm³/mol. The molecule has 164 valence electrons. The molecule has 1 unspecified atom stereocenters. The van der Waals surface area contributed by atoms with Gasteiger partial charge in [-0.25, -0.2) is 0 Å². The first-order valence-corrected chi connectivity index (χ1v) is 10.1. The summed E-state index contributed by atoms with van der Waals surface area (Å²) in [4.78, 5) is 26.7. The van der Waals surface area contributed by atoms with Gasteiger partial charge < -0.3 is 24.6 Å². The summed E-state index contributed by atoms with van der Waals surface area (Å²) in [6.45, 7) is 4.33. The molecule has 7 heteroatoms. The molecule has 7 nitrogen and oxygen atoms in total. The lowest BCUT2D eigenvalue weighted by Crippen LogP contribution is -2.32. The summed E-state index contributed by atoms with van der Waals surface area (Å²) < 4.78 is 10.8. The highest BCUT2D eigenvalue weighted by molar-refractivity contribution is 6.46. The molecule has 2 N–H and O–H groups in total. The average Bonchev–Trinajstić information content (AvgIpc) is 3.03. The number of β-amino-alcohol motifs (C(OH)–C–C–N with tert-alkyl or cyclic N) is 1. The molecule has 0 aliphatic carbocycles. The van der Waals surface area contributed by atoms with E-state index in [4.69, 9.17) is 9.47 Å². The molecule has 1 saturated heterocycles. The van der Waals surface area contributed by atoms with Gasteiger partial charge in [0.2, 0.25) is 0 Å². The number of carbonyl (C=O) groups excluding carboxylic acids is 2. The highest BCUT2D eigenvalue weighted by Crippen LogP contribution is 2.39. The van der Waals surface area contributed by atoms with E-state index in [9.17, 15) is 19.8 Å². The lowest BCUT2D eigenvalue weighted by atomic mass is 9.95. The summed E-state index contributed by atoms with van der Waals surface area (Å²) in [6, 6.07) is 12.8. The van der Waals surface area contributed by atoms with Gasteiger partial charge in [0.15, 0.2) is 0 Å². The van der Waals surface area contributed by atoms with E-state index in [-0.39, 0.29) is 24.5 Å². The molecule has 0 bridgehead atoms. The Morgan fingerprint density at radius 2 is 1.65 bits per heavy atom. The summed E-state index contributed by atoms with van der Waals surface area (Å²) >= 11 is 0. The van der Waals surface area contributed by atoms with E-state index in [0.717, 1.165) is 0 Å². The normalized spacial score (nSPS) is 18.0. The number of Topliss-reactive ketones (excluding diaryl/α,β-unsaturated/α-hetero) is 1. The lowest BCUT2D eigenvalue weighted by Gasteiger charge is -2.24. The van der Waals surface area contributed by atoms with Crippen LogP contribution in [0.2, 0.25) is 0 Å². The number of nitrogens with zero attached hydrogens (tertiary/aromatic N) is 1. The Hall–Kier alpha value is -3.32. The third-order valence-electron chi connectivity index (χ3n) is 5.02. The minimum Gasteiger partial charge on any atom is -0.507 e. The topological polar surface area (TPSA) is 96.3 Å². The maximum absolute atomic E-state index is 12.8. The van der Waals surface area contributed by atoms with Crippen LogP contribution in [-0.4, -0.2) is 53.7 Å². The van der Waals surface area contributed by atoms with Gasteiger partial charge in [-0.3, -0.25) is 9.59 Å². The molecule has 31 heavy (non-hydrogen) atoms. The Kier molecular flexibility index (Phi) is 6.97. The number of aliphatic hydroxyl groups excluding tert-OH is 2. The summed E-state index contributed by atoms with van der Waals surface area (Å²) in [5.41, 5.74) is 1.02. The fraction of sp³-hybridized carbons (Fsp3) is 0.333. The van der Waals surface area contributed by atoms with Crippen molar-refractivity contribution in [2.24, 2.45) is 5.92 Å². The molecule has 0 saturated carbocycles. The quantitative estimate of drug-likeness (QED) is 0.383. The summed E-state index contributed by atoms with van der Waals surface area (Å²) in [6.07, 6.45) is 0. The number of hydrogen-bond donors (Lipinski definition) is 2. The summed E-state index contributed by atoms with van der Waals surface area (Å²) in [7, 11) is 1.54. The average molecular weight is 425 g/mol. The van der Waals surface area contributed by atoms with Gasteiger partial charge in [0.1, 0.15) is 17.3 Å². The highest BCUT2D eigenvalue weighted by Gasteiger charge is 2.45. The Labute approximate surface area is 181 Å². The van der Waals surface area contributed by atoms with Gasteiger partial charge in [-0.1, -0.05) is 26.0 Å². The number of likely N-dealkylation sites (tertiary alicyclic amines) is 1. The Morgan fingerprint density at radius 1 is 1.03 bits per heavy atom. The molecular weight excluding hydrogens is 398 g/mol. The zero-order valence-corrected chi connectivity index (χ0v) is 17.9. The number of aliphatic hydroxyl groups is 2. The van der Waals surface area contributed by atoms with Crippen LogP contribution in [0.25, 0.3) is 5.76 Å². The summed E-state index contributed by atoms with van der Waals surface area (Å²) in [5, 5.41) is 20.4. The van der Waals surface area contributed by atoms with Gasteiger partial charge in [0.05, 0.1) is 31.9 Å². The molecule has 3 rings (SSSR count). The fourth-order valence-corrected chi connectivity index (χ4v) is 3.48. The van der Waals surface area contributed by atoms with E-state index in [2.05, 4.69) is 0 Å². The van der Waals surface area contributed by atoms with Gasteiger partial charge in [-0.15, -0.1) is 0 Å². The molecule has 0 spiro atoms. The first-order chi connectivity index (χ1) is 14.9. The van der Waals surface area contributed by atoms with Crippen molar-refractivity contribution in [3.8, 4) is 11.5 Å². The Balaban J connectivity index is 2.02. The van der Waals surface area contributed by atoms with Crippen LogP contribution in [0.4, 0.5) is 0 Å². The van der Waals surface area contributed by atoms with E-state index >= 15 is 0 Å². The van der Waals surface area contributed by atoms with Crippen LogP contribution in [0.15, 0.2) is 54.1 Å². The smallest absolute Gasteiger partial charge is 0.295 e. The largest absolute Gasteiger partial charge is 0.507 e. The van der Waals surface area contributed by atoms with Crippen molar-refractivity contribution in [2.75, 3.05) is 26.9 Å². The van der Waals surface area contributed by atoms with Crippen LogP contribution in [-0.2, 0) is 9.59 Å². The molecular formula is C24H27NO6. The van der Waals surface area contributed by atoms with Crippen molar-refractivity contribution >= 4 is 17.4 Å². The molecule has 1 fully saturated rings. The van der Waals surface area contributed by atoms with Crippen LogP contribution >= 0.6 is 0 Å². The molecule has 2 aromatic rings. The van der Waals surface area contributed by atoms with Crippen molar-refractivity contribution in [3.05, 3.63) is 65.2 Å². The van der Waals surface area contributed by atoms with Gasteiger partial charge in [-0.05, 0) is 47.9 Å². The van der Waals surface area contributed by atoms with Gasteiger partial charge in [0.25, 0.3) is 11.7 Å². The number of amides is 1. The van der Waals surface area contributed by atoms with E-state index in [0.29, 0.717) is 35.2 Å². The monoisotopic (exact) mass is 425 g/mol. The third kappa shape index (κ3) is 4.72. The molecule has 1 aliphatic heterocycles. The maximum atomic E-state index is 12.8. The van der Waals surface area contributed by atoms with Crippen molar-refractivity contribution in [3.63, 3.8) is 0 Å². The number of ether oxygens (including phenoxy) is 2. The molecule has 1 amide bonds. The zero-order valence-electron chi connectivity index (χ0n) is 17.9. The standard InChI is InChI=1S/C24H27NO6/c1-15(2)14-31-19-10-6-17(7-11-19)22(27)20-21(16-4-8-18(30-3)9-5-16)25(12-13-26)24(29)23(20)28/h4-11,15,21,26-27H,12-14H2,1-3H3/b22-20+. The minimum atomic E-state index is -0.810. The minimum absolute atomic E-state index is 0.0144. The van der Waals surface area contributed by atoms with Crippen LogP contribution in [0, 0.1) is 5.92 Å². The molecule has 0 aromatic heterocycles. The maximum Gasteiger partial charge on any atom is 0.295 e. The molecule has 1 atom stereocenters. The van der Waals surface area contributed by atoms with E-state index in [1.807, 2.05) is 13.8 Å². The number of carbonyl (C=O) groups is 2. The van der Waals surface area contributed by atoms with Crippen molar-refractivity contribution in [1.82, 2.24) is 4.90 Å². The highest BCUT2D eigenvalue weighted by atomic mass is 16.5. The van der Waals surface area contributed by atoms with Gasteiger partial charge in [-0.2, -0.15) is 0 Å². The number of methoxy groups -OCH3 is 1. The summed E-state index contributed by atoms with van der Waals surface area (Å²) in [5.74, 6) is -0.159. The van der Waals surface area contributed by atoms with Crippen molar-refractivity contribution in [2.45, 2.75) is 19.9 Å². The van der Waals surface area contributed by atoms with Crippen LogP contribution in [0.5, 0.6) is 11.5 Å². The number of hydrogen-bond acceptors (Lipinski definition) is 6. The van der Waals surface area contributed by atoms with Gasteiger partial charge in [0, 0.05) is 12.1 Å². The first-order valence-electron chi connectivity index (χ1n) is 10.1. The number of ketones is 1. The third-order valence-corrected chi connectivity index (χ3v) is 5.02. The van der Waals surface area contributed by atoms with E-state index in [1.165, 1.54) is 4.90 Å².